The summed E-state index contributed by atoms with van der Waals surface area (Å²) in [5.41, 5.74) is 0.635. The first kappa shape index (κ1) is 16.5. The molecule has 24 heavy (non-hydrogen) atoms. The van der Waals surface area contributed by atoms with E-state index in [-0.39, 0.29) is 6.42 Å². The molecule has 3 nitrogen and oxygen atoms in total. The predicted molar refractivity (Wildman–Crippen MR) is 86.6 cm³/mol. The van der Waals surface area contributed by atoms with E-state index in [4.69, 9.17) is 11.6 Å². The number of hydrogen-bond acceptors (Lipinski definition) is 3. The number of aldehydes is 1. The predicted octanol–water partition coefficient (Wildman–Crippen LogP) is 5.02. The number of alkyl halides is 3. The van der Waals surface area contributed by atoms with Gasteiger partial charge in [0.05, 0.1) is 16.8 Å². The van der Waals surface area contributed by atoms with E-state index in [1.807, 2.05) is 0 Å². The number of hydrogen-bond donors (Lipinski definition) is 0. The minimum Gasteiger partial charge on any atom is -0.298 e. The summed E-state index contributed by atoms with van der Waals surface area (Å²) in [6.45, 7) is 0. The molecule has 0 bridgehead atoms. The minimum atomic E-state index is -4.50. The van der Waals surface area contributed by atoms with Crippen molar-refractivity contribution >= 4 is 29.3 Å². The van der Waals surface area contributed by atoms with Crippen molar-refractivity contribution in [1.29, 1.82) is 0 Å². The van der Waals surface area contributed by atoms with Gasteiger partial charge in [0.1, 0.15) is 12.0 Å². The number of carbonyl (C=O) groups excluding carboxylic acids is 1. The Hall–Kier alpha value is -2.34. The van der Waals surface area contributed by atoms with Gasteiger partial charge in [-0.25, -0.2) is 0 Å². The van der Waals surface area contributed by atoms with Crippen molar-refractivity contribution in [1.82, 2.24) is 0 Å². The Labute approximate surface area is 141 Å². The van der Waals surface area contributed by atoms with Crippen LogP contribution in [0.15, 0.2) is 53.6 Å². The smallest absolute Gasteiger partial charge is 0.298 e. The zero-order valence-corrected chi connectivity index (χ0v) is 13.1. The lowest BCUT2D eigenvalue weighted by Gasteiger charge is -2.24. The largest absolute Gasteiger partial charge is 0.431 e. The third-order valence-corrected chi connectivity index (χ3v) is 4.11. The molecule has 0 N–H and O–H groups in total. The molecule has 0 spiro atoms. The maximum Gasteiger partial charge on any atom is 0.431 e. The lowest BCUT2D eigenvalue weighted by Crippen LogP contribution is -2.21. The van der Waals surface area contributed by atoms with E-state index >= 15 is 0 Å². The lowest BCUT2D eigenvalue weighted by atomic mass is 10.00. The van der Waals surface area contributed by atoms with Crippen molar-refractivity contribution in [3.05, 3.63) is 64.7 Å². The van der Waals surface area contributed by atoms with Gasteiger partial charge in [-0.1, -0.05) is 48.0 Å². The van der Waals surface area contributed by atoms with Crippen LogP contribution in [-0.4, -0.2) is 18.2 Å². The van der Waals surface area contributed by atoms with Crippen LogP contribution in [0.2, 0.25) is 5.02 Å². The molecule has 0 fully saturated rings. The second-order valence-corrected chi connectivity index (χ2v) is 5.75. The van der Waals surface area contributed by atoms with E-state index in [0.29, 0.717) is 28.1 Å². The molecule has 7 heteroatoms. The van der Waals surface area contributed by atoms with Crippen molar-refractivity contribution < 1.29 is 18.0 Å². The number of carbonyl (C=O) groups is 1. The fraction of sp³-hybridized carbons (Fsp3) is 0.176. The molecule has 0 aliphatic carbocycles. The van der Waals surface area contributed by atoms with Crippen molar-refractivity contribution in [2.45, 2.75) is 18.6 Å². The van der Waals surface area contributed by atoms with Crippen molar-refractivity contribution in [3.63, 3.8) is 0 Å². The van der Waals surface area contributed by atoms with Crippen LogP contribution in [0, 0.1) is 0 Å². The summed E-state index contributed by atoms with van der Waals surface area (Å²) in [4.78, 5) is 10.8. The van der Waals surface area contributed by atoms with E-state index in [0.717, 1.165) is 0 Å². The number of hydrazone groups is 1. The van der Waals surface area contributed by atoms with Crippen LogP contribution in [-0.2, 0) is 0 Å². The van der Waals surface area contributed by atoms with Crippen LogP contribution < -0.4 is 5.01 Å². The summed E-state index contributed by atoms with van der Waals surface area (Å²) in [6, 6.07) is 12.4. The number of rotatable bonds is 3. The Morgan fingerprint density at radius 2 is 1.79 bits per heavy atom. The maximum atomic E-state index is 13.1. The van der Waals surface area contributed by atoms with Gasteiger partial charge in [0.15, 0.2) is 0 Å². The summed E-state index contributed by atoms with van der Waals surface area (Å²) >= 11 is 6.13. The van der Waals surface area contributed by atoms with Crippen LogP contribution in [0.1, 0.15) is 28.4 Å². The molecule has 0 saturated carbocycles. The minimum absolute atomic E-state index is 0.283. The van der Waals surface area contributed by atoms with E-state index in [2.05, 4.69) is 5.10 Å². The molecule has 1 atom stereocenters. The van der Waals surface area contributed by atoms with Gasteiger partial charge in [0.25, 0.3) is 0 Å². The Kier molecular flexibility index (Phi) is 4.32. The molecule has 1 aliphatic heterocycles. The second kappa shape index (κ2) is 6.28. The van der Waals surface area contributed by atoms with Crippen LogP contribution in [0.4, 0.5) is 18.9 Å². The number of para-hydroxylation sites is 1. The molecule has 124 valence electrons. The average Bonchev–Trinajstić information content (AvgIpc) is 3.01. The summed E-state index contributed by atoms with van der Waals surface area (Å²) < 4.78 is 39.4. The Bertz CT molecular complexity index is 787. The fourth-order valence-electron chi connectivity index (χ4n) is 2.60. The first-order valence-corrected chi connectivity index (χ1v) is 7.51. The van der Waals surface area contributed by atoms with Crippen LogP contribution >= 0.6 is 11.6 Å². The lowest BCUT2D eigenvalue weighted by molar-refractivity contribution is -0.0600. The van der Waals surface area contributed by atoms with Gasteiger partial charge in [0.2, 0.25) is 0 Å². The van der Waals surface area contributed by atoms with Gasteiger partial charge in [0, 0.05) is 12.0 Å². The molecule has 2 aromatic carbocycles. The van der Waals surface area contributed by atoms with Crippen molar-refractivity contribution in [2.75, 3.05) is 5.01 Å². The van der Waals surface area contributed by atoms with E-state index in [9.17, 15) is 18.0 Å². The third kappa shape index (κ3) is 3.14. The van der Waals surface area contributed by atoms with Crippen LogP contribution in [0.5, 0.6) is 0 Å². The SMILES string of the molecule is O=Cc1ccc(C2CC(C(F)(F)F)=NN2c2ccccc2Cl)cc1. The topological polar surface area (TPSA) is 32.7 Å². The van der Waals surface area contributed by atoms with Gasteiger partial charge in [-0.2, -0.15) is 18.3 Å². The van der Waals surface area contributed by atoms with Gasteiger partial charge >= 0.3 is 6.18 Å². The van der Waals surface area contributed by atoms with Crippen molar-refractivity contribution in [3.8, 4) is 0 Å². The van der Waals surface area contributed by atoms with Crippen LogP contribution in [0.25, 0.3) is 0 Å². The standard InChI is InChI=1S/C17H12ClF3N2O/c18-13-3-1-2-4-14(13)23-15(9-16(22-23)17(19,20)21)12-7-5-11(10-24)6-8-12/h1-8,10,15H,9H2. The normalized spacial score (nSPS) is 17.8. The van der Waals surface area contributed by atoms with E-state index < -0.39 is 17.9 Å². The number of halogens is 4. The maximum absolute atomic E-state index is 13.1. The highest BCUT2D eigenvalue weighted by Gasteiger charge is 2.43. The highest BCUT2D eigenvalue weighted by molar-refractivity contribution is 6.33. The number of benzene rings is 2. The summed E-state index contributed by atoms with van der Waals surface area (Å²) in [6.07, 6.45) is -4.10. The Morgan fingerprint density at radius 3 is 2.38 bits per heavy atom. The summed E-state index contributed by atoms with van der Waals surface area (Å²) in [7, 11) is 0. The summed E-state index contributed by atoms with van der Waals surface area (Å²) in [5.74, 6) is 0. The molecule has 1 aliphatic rings. The zero-order valence-electron chi connectivity index (χ0n) is 12.3. The number of anilines is 1. The molecule has 0 saturated heterocycles. The van der Waals surface area contributed by atoms with Gasteiger partial charge in [-0.3, -0.25) is 9.80 Å². The van der Waals surface area contributed by atoms with Crippen molar-refractivity contribution in [2.24, 2.45) is 5.10 Å². The van der Waals surface area contributed by atoms with E-state index in [1.165, 1.54) is 5.01 Å². The molecule has 1 unspecified atom stereocenters. The fourth-order valence-corrected chi connectivity index (χ4v) is 2.82. The molecule has 0 aromatic heterocycles. The molecular formula is C17H12ClF3N2O. The molecular weight excluding hydrogens is 341 g/mol. The number of nitrogens with zero attached hydrogens (tertiary/aromatic N) is 2. The van der Waals surface area contributed by atoms with Gasteiger partial charge in [-0.05, 0) is 17.7 Å². The highest BCUT2D eigenvalue weighted by Crippen LogP contribution is 2.41. The highest BCUT2D eigenvalue weighted by atomic mass is 35.5. The van der Waals surface area contributed by atoms with E-state index in [1.54, 1.807) is 48.5 Å². The Balaban J connectivity index is 2.03. The van der Waals surface area contributed by atoms with Crippen LogP contribution in [0.3, 0.4) is 0 Å². The molecule has 2 aromatic rings. The second-order valence-electron chi connectivity index (χ2n) is 5.34. The molecule has 0 amide bonds. The van der Waals surface area contributed by atoms with Gasteiger partial charge < -0.3 is 0 Å². The zero-order chi connectivity index (χ0) is 17.3. The average molecular weight is 353 g/mol. The molecule has 0 radical (unpaired) electrons. The first-order chi connectivity index (χ1) is 11.4. The molecule has 3 rings (SSSR count). The summed E-state index contributed by atoms with van der Waals surface area (Å²) in [5, 5.41) is 5.37. The first-order valence-electron chi connectivity index (χ1n) is 7.13. The quantitative estimate of drug-likeness (QED) is 0.726. The van der Waals surface area contributed by atoms with Gasteiger partial charge in [-0.15, -0.1) is 0 Å². The Morgan fingerprint density at radius 1 is 1.12 bits per heavy atom. The monoisotopic (exact) mass is 352 g/mol. The molecule has 1 heterocycles. The third-order valence-electron chi connectivity index (χ3n) is 3.79.